The zero-order valence-corrected chi connectivity index (χ0v) is 19.7. The third-order valence-electron chi connectivity index (χ3n) is 8.48. The second-order valence-electron chi connectivity index (χ2n) is 10.6. The van der Waals surface area contributed by atoms with E-state index in [0.717, 1.165) is 82.1 Å². The molecule has 2 unspecified atom stereocenters. The van der Waals surface area contributed by atoms with Crippen molar-refractivity contribution in [1.29, 1.82) is 0 Å². The Morgan fingerprint density at radius 2 is 1.85 bits per heavy atom. The van der Waals surface area contributed by atoms with E-state index in [1.165, 1.54) is 12.5 Å². The van der Waals surface area contributed by atoms with Crippen LogP contribution in [0.4, 0.5) is 14.9 Å². The van der Waals surface area contributed by atoms with Crippen LogP contribution in [-0.4, -0.2) is 54.7 Å². The van der Waals surface area contributed by atoms with Gasteiger partial charge < -0.3 is 19.9 Å². The van der Waals surface area contributed by atoms with E-state index >= 15 is 0 Å². The van der Waals surface area contributed by atoms with Crippen molar-refractivity contribution in [3.05, 3.63) is 29.6 Å². The molecule has 3 fully saturated rings. The number of ether oxygens (including phenoxy) is 1. The van der Waals surface area contributed by atoms with E-state index in [1.54, 1.807) is 19.1 Å². The molecule has 0 radical (unpaired) electrons. The molecule has 2 heterocycles. The molecule has 33 heavy (non-hydrogen) atoms. The Hall–Kier alpha value is -2.15. The Labute approximate surface area is 195 Å². The Bertz CT molecular complexity index is 895. The number of hydrogen-bond acceptors (Lipinski definition) is 4. The van der Waals surface area contributed by atoms with E-state index in [9.17, 15) is 14.0 Å². The number of halogens is 1. The lowest BCUT2D eigenvalue weighted by molar-refractivity contribution is -0.116. The van der Waals surface area contributed by atoms with Crippen LogP contribution in [0, 0.1) is 5.82 Å². The average Bonchev–Trinajstić information content (AvgIpc) is 2.90. The highest BCUT2D eigenvalue weighted by Gasteiger charge is 2.46. The number of carbonyl (C=O) groups is 2. The van der Waals surface area contributed by atoms with Crippen LogP contribution in [0.5, 0.6) is 0 Å². The number of likely N-dealkylation sites (tertiary alicyclic amines) is 1. The lowest BCUT2D eigenvalue weighted by atomic mass is 9.74. The molecule has 1 aromatic rings. The highest BCUT2D eigenvalue weighted by Crippen LogP contribution is 2.47. The molecule has 2 atom stereocenters. The molecule has 1 saturated heterocycles. The van der Waals surface area contributed by atoms with Crippen LogP contribution in [0.2, 0.25) is 0 Å². The Morgan fingerprint density at radius 3 is 2.55 bits per heavy atom. The zero-order valence-electron chi connectivity index (χ0n) is 19.7. The number of nitrogens with one attached hydrogen (secondary N) is 1. The molecule has 2 saturated carbocycles. The molecule has 2 amide bonds. The average molecular weight is 458 g/mol. The number of piperidine rings is 1. The van der Waals surface area contributed by atoms with Gasteiger partial charge in [-0.05, 0) is 88.2 Å². The fraction of sp³-hybridized carbons (Fsp3) is 0.692. The number of fused-ring (bicyclic) bond motifs is 2. The van der Waals surface area contributed by atoms with Gasteiger partial charge in [-0.2, -0.15) is 0 Å². The number of alkyl carbamates (subject to hydrolysis) is 1. The van der Waals surface area contributed by atoms with Crippen molar-refractivity contribution in [2.45, 2.75) is 94.7 Å². The Balaban J connectivity index is 1.23. The predicted molar refractivity (Wildman–Crippen MR) is 125 cm³/mol. The highest BCUT2D eigenvalue weighted by atomic mass is 19.1. The topological polar surface area (TPSA) is 61.9 Å². The van der Waals surface area contributed by atoms with Crippen LogP contribution in [0.1, 0.15) is 76.7 Å². The summed E-state index contributed by atoms with van der Waals surface area (Å²) in [5.74, 6) is -0.207. The van der Waals surface area contributed by atoms with E-state index < -0.39 is 0 Å². The van der Waals surface area contributed by atoms with E-state index in [0.29, 0.717) is 12.6 Å². The summed E-state index contributed by atoms with van der Waals surface area (Å²) in [6.07, 6.45) is 10.2. The first-order chi connectivity index (χ1) is 15.9. The number of rotatable bonds is 3. The highest BCUT2D eigenvalue weighted by molar-refractivity contribution is 5.94. The van der Waals surface area contributed by atoms with Gasteiger partial charge in [-0.15, -0.1) is 0 Å². The van der Waals surface area contributed by atoms with Gasteiger partial charge in [-0.25, -0.2) is 9.18 Å². The molecule has 2 aliphatic heterocycles. The van der Waals surface area contributed by atoms with Gasteiger partial charge in [0.05, 0.1) is 0 Å². The van der Waals surface area contributed by atoms with Gasteiger partial charge in [0.2, 0.25) is 5.91 Å². The minimum Gasteiger partial charge on any atom is -0.446 e. The third kappa shape index (κ3) is 4.61. The van der Waals surface area contributed by atoms with Crippen molar-refractivity contribution in [1.82, 2.24) is 10.2 Å². The summed E-state index contributed by atoms with van der Waals surface area (Å²) in [7, 11) is 0. The molecule has 2 aliphatic carbocycles. The van der Waals surface area contributed by atoms with Crippen molar-refractivity contribution >= 4 is 17.7 Å². The molecule has 1 spiro atoms. The minimum absolute atomic E-state index is 0.0219. The second kappa shape index (κ2) is 9.24. The van der Waals surface area contributed by atoms with Gasteiger partial charge >= 0.3 is 6.09 Å². The molecule has 6 nitrogen and oxygen atoms in total. The van der Waals surface area contributed by atoms with Gasteiger partial charge in [-0.1, -0.05) is 12.8 Å². The lowest BCUT2D eigenvalue weighted by Crippen LogP contribution is -2.50. The van der Waals surface area contributed by atoms with Crippen molar-refractivity contribution in [3.63, 3.8) is 0 Å². The largest absolute Gasteiger partial charge is 0.446 e. The summed E-state index contributed by atoms with van der Waals surface area (Å²) in [4.78, 5) is 29.0. The SMILES string of the molecule is CC(=O)N1CC2(CCN(C3CCCCC(NC(=O)OC4CCC4)C3)CC2)c2cc(F)ccc21. The first-order valence-electron chi connectivity index (χ1n) is 12.7. The fourth-order valence-electron chi connectivity index (χ4n) is 6.31. The number of nitrogens with zero attached hydrogens (tertiary/aromatic N) is 2. The van der Waals surface area contributed by atoms with Gasteiger partial charge in [0.15, 0.2) is 0 Å². The maximum absolute atomic E-state index is 14.1. The number of amides is 2. The summed E-state index contributed by atoms with van der Waals surface area (Å²) in [6, 6.07) is 5.47. The Kier molecular flexibility index (Phi) is 6.34. The molecule has 1 N–H and O–H groups in total. The molecule has 0 bridgehead atoms. The first kappa shape index (κ1) is 22.6. The van der Waals surface area contributed by atoms with Crippen molar-refractivity contribution < 1.29 is 18.7 Å². The molecular formula is C26H36FN3O3. The molecule has 7 heteroatoms. The minimum atomic E-state index is -0.253. The Morgan fingerprint density at radius 1 is 1.09 bits per heavy atom. The lowest BCUT2D eigenvalue weighted by Gasteiger charge is -2.43. The van der Waals surface area contributed by atoms with Crippen LogP contribution < -0.4 is 10.2 Å². The molecule has 5 rings (SSSR count). The van der Waals surface area contributed by atoms with Crippen LogP contribution in [-0.2, 0) is 14.9 Å². The monoisotopic (exact) mass is 457 g/mol. The number of carbonyl (C=O) groups excluding carboxylic acids is 2. The van der Waals surface area contributed by atoms with Gasteiger partial charge in [0.25, 0.3) is 0 Å². The maximum Gasteiger partial charge on any atom is 0.407 e. The summed E-state index contributed by atoms with van der Waals surface area (Å²) in [6.45, 7) is 4.12. The van der Waals surface area contributed by atoms with Gasteiger partial charge in [0, 0.05) is 36.7 Å². The van der Waals surface area contributed by atoms with Crippen molar-refractivity contribution in [2.75, 3.05) is 24.5 Å². The van der Waals surface area contributed by atoms with Crippen molar-refractivity contribution in [2.24, 2.45) is 0 Å². The van der Waals surface area contributed by atoms with E-state index in [2.05, 4.69) is 10.2 Å². The van der Waals surface area contributed by atoms with Crippen LogP contribution in [0.3, 0.4) is 0 Å². The first-order valence-corrected chi connectivity index (χ1v) is 12.7. The molecule has 180 valence electrons. The predicted octanol–water partition coefficient (Wildman–Crippen LogP) is 4.51. The fourth-order valence-corrected chi connectivity index (χ4v) is 6.31. The summed E-state index contributed by atoms with van der Waals surface area (Å²) in [5, 5.41) is 3.14. The number of anilines is 1. The second-order valence-corrected chi connectivity index (χ2v) is 10.6. The van der Waals surface area contributed by atoms with Crippen molar-refractivity contribution in [3.8, 4) is 0 Å². The third-order valence-corrected chi connectivity index (χ3v) is 8.48. The number of benzene rings is 1. The zero-order chi connectivity index (χ0) is 23.0. The quantitative estimate of drug-likeness (QED) is 0.679. The summed E-state index contributed by atoms with van der Waals surface area (Å²) >= 11 is 0. The molecule has 1 aromatic carbocycles. The molecular weight excluding hydrogens is 421 g/mol. The van der Waals surface area contributed by atoms with Gasteiger partial charge in [0.1, 0.15) is 11.9 Å². The van der Waals surface area contributed by atoms with Crippen LogP contribution >= 0.6 is 0 Å². The van der Waals surface area contributed by atoms with E-state index in [4.69, 9.17) is 4.74 Å². The smallest absolute Gasteiger partial charge is 0.407 e. The summed E-state index contributed by atoms with van der Waals surface area (Å²) in [5.41, 5.74) is 1.71. The molecule has 4 aliphatic rings. The van der Waals surface area contributed by atoms with E-state index in [-0.39, 0.29) is 35.4 Å². The maximum atomic E-state index is 14.1. The van der Waals surface area contributed by atoms with E-state index in [1.807, 2.05) is 4.90 Å². The van der Waals surface area contributed by atoms with Crippen LogP contribution in [0.25, 0.3) is 0 Å². The molecule has 0 aromatic heterocycles. The number of hydrogen-bond donors (Lipinski definition) is 1. The standard InChI is InChI=1S/C26H36FN3O3/c1-18(31)30-17-26(23-15-19(27)9-10-24(23)30)11-13-29(14-12-26)21-6-3-2-5-20(16-21)28-25(32)33-22-7-4-8-22/h9-10,15,20-22H,2-8,11-14,16-17H2,1H3,(H,28,32). The van der Waals surface area contributed by atoms with Gasteiger partial charge in [-0.3, -0.25) is 4.79 Å². The van der Waals surface area contributed by atoms with Crippen LogP contribution in [0.15, 0.2) is 18.2 Å². The normalized spacial score (nSPS) is 27.5. The summed E-state index contributed by atoms with van der Waals surface area (Å²) < 4.78 is 19.7.